The maximum atomic E-state index is 11.8. The van der Waals surface area contributed by atoms with E-state index in [0.29, 0.717) is 12.2 Å². The number of carbonyl (C=O) groups is 1. The first-order chi connectivity index (χ1) is 8.66. The third-order valence-corrected chi connectivity index (χ3v) is 4.02. The highest BCUT2D eigenvalue weighted by Crippen LogP contribution is 2.22. The van der Waals surface area contributed by atoms with Gasteiger partial charge in [-0.15, -0.1) is 11.3 Å². The topological polar surface area (TPSA) is 68.0 Å². The number of aromatic nitrogens is 1. The molecule has 18 heavy (non-hydrogen) atoms. The number of nitrogens with one attached hydrogen (secondary N) is 1. The van der Waals surface area contributed by atoms with E-state index in [4.69, 9.17) is 5.73 Å². The first-order valence-corrected chi connectivity index (χ1v) is 7.00. The van der Waals surface area contributed by atoms with Crippen LogP contribution in [-0.2, 0) is 6.42 Å². The quantitative estimate of drug-likeness (QED) is 0.907. The molecule has 1 amide bonds. The van der Waals surface area contributed by atoms with Gasteiger partial charge in [-0.3, -0.25) is 4.79 Å². The molecule has 4 nitrogen and oxygen atoms in total. The summed E-state index contributed by atoms with van der Waals surface area (Å²) >= 11 is 5.07. The predicted molar refractivity (Wildman–Crippen MR) is 76.7 cm³/mol. The maximum absolute atomic E-state index is 11.8. The highest BCUT2D eigenvalue weighted by molar-refractivity contribution is 9.11. The molecular weight excluding hydrogens is 314 g/mol. The van der Waals surface area contributed by atoms with Crippen molar-refractivity contribution >= 4 is 38.9 Å². The Labute approximate surface area is 117 Å². The lowest BCUT2D eigenvalue weighted by atomic mass is 10.3. The highest BCUT2D eigenvalue weighted by atomic mass is 79.9. The fourth-order valence-corrected chi connectivity index (χ4v) is 2.96. The first kappa shape index (κ1) is 13.0. The van der Waals surface area contributed by atoms with Gasteiger partial charge in [0.25, 0.3) is 5.91 Å². The normalized spacial score (nSPS) is 10.3. The lowest BCUT2D eigenvalue weighted by molar-refractivity contribution is 0.0950. The summed E-state index contributed by atoms with van der Waals surface area (Å²) in [6.07, 6.45) is 2.36. The van der Waals surface area contributed by atoms with Crippen molar-refractivity contribution in [1.29, 1.82) is 0 Å². The van der Waals surface area contributed by atoms with Crippen LogP contribution in [0.1, 0.15) is 15.4 Å². The fourth-order valence-electron chi connectivity index (χ4n) is 1.48. The van der Waals surface area contributed by atoms with E-state index in [2.05, 4.69) is 26.2 Å². The molecule has 2 rings (SSSR count). The molecule has 0 spiro atoms. The Balaban J connectivity index is 1.87. The summed E-state index contributed by atoms with van der Waals surface area (Å²) in [6, 6.07) is 7.40. The lowest BCUT2D eigenvalue weighted by Gasteiger charge is -2.05. The van der Waals surface area contributed by atoms with Crippen molar-refractivity contribution in [3.63, 3.8) is 0 Å². The number of carbonyl (C=O) groups excluding carboxylic acids is 1. The maximum Gasteiger partial charge on any atom is 0.272 e. The second kappa shape index (κ2) is 5.97. The van der Waals surface area contributed by atoms with Crippen molar-refractivity contribution in [2.24, 2.45) is 0 Å². The fraction of sp³-hybridized carbons (Fsp3) is 0.167. The van der Waals surface area contributed by atoms with Crippen LogP contribution in [0.4, 0.5) is 5.69 Å². The van der Waals surface area contributed by atoms with Crippen molar-refractivity contribution in [3.8, 4) is 0 Å². The van der Waals surface area contributed by atoms with Gasteiger partial charge in [-0.25, -0.2) is 4.98 Å². The van der Waals surface area contributed by atoms with E-state index in [1.807, 2.05) is 12.1 Å². The summed E-state index contributed by atoms with van der Waals surface area (Å²) in [5.41, 5.74) is 6.36. The Bertz CT molecular complexity index is 556. The second-order valence-electron chi connectivity index (χ2n) is 3.65. The van der Waals surface area contributed by atoms with E-state index in [0.717, 1.165) is 10.2 Å². The number of hydrogen-bond acceptors (Lipinski definition) is 4. The Kier molecular flexibility index (Phi) is 4.33. The van der Waals surface area contributed by atoms with Gasteiger partial charge in [-0.2, -0.15) is 0 Å². The third kappa shape index (κ3) is 3.30. The summed E-state index contributed by atoms with van der Waals surface area (Å²) in [5, 5.41) is 2.81. The molecule has 0 aliphatic rings. The van der Waals surface area contributed by atoms with Gasteiger partial charge in [0.2, 0.25) is 0 Å². The van der Waals surface area contributed by atoms with Gasteiger partial charge < -0.3 is 11.1 Å². The van der Waals surface area contributed by atoms with E-state index >= 15 is 0 Å². The molecule has 0 saturated carbocycles. The third-order valence-electron chi connectivity index (χ3n) is 2.34. The molecule has 0 aliphatic heterocycles. The average Bonchev–Trinajstić information content (AvgIpc) is 2.75. The molecule has 6 heteroatoms. The molecule has 0 fully saturated rings. The molecule has 2 aromatic rings. The van der Waals surface area contributed by atoms with E-state index in [1.165, 1.54) is 4.88 Å². The van der Waals surface area contributed by atoms with Crippen molar-refractivity contribution in [2.45, 2.75) is 6.42 Å². The predicted octanol–water partition coefficient (Wildman–Crippen LogP) is 2.46. The molecular formula is C12H12BrN3OS. The van der Waals surface area contributed by atoms with Gasteiger partial charge in [0.15, 0.2) is 5.69 Å². The summed E-state index contributed by atoms with van der Waals surface area (Å²) in [6.45, 7) is 0.571. The molecule has 0 aliphatic carbocycles. The van der Waals surface area contributed by atoms with Gasteiger partial charge in [0, 0.05) is 17.6 Å². The van der Waals surface area contributed by atoms with Crippen LogP contribution in [0.25, 0.3) is 0 Å². The molecule has 0 saturated heterocycles. The van der Waals surface area contributed by atoms with Crippen LogP contribution >= 0.6 is 27.3 Å². The van der Waals surface area contributed by atoms with Crippen LogP contribution in [0.5, 0.6) is 0 Å². The van der Waals surface area contributed by atoms with E-state index < -0.39 is 0 Å². The van der Waals surface area contributed by atoms with E-state index in [1.54, 1.807) is 29.7 Å². The SMILES string of the molecule is Nc1cccnc1C(=O)NCCc1ccc(Br)s1. The first-order valence-electron chi connectivity index (χ1n) is 5.39. The smallest absolute Gasteiger partial charge is 0.272 e. The zero-order chi connectivity index (χ0) is 13.0. The van der Waals surface area contributed by atoms with Crippen LogP contribution in [0.3, 0.4) is 0 Å². The number of anilines is 1. The van der Waals surface area contributed by atoms with Gasteiger partial charge >= 0.3 is 0 Å². The average molecular weight is 326 g/mol. The lowest BCUT2D eigenvalue weighted by Crippen LogP contribution is -2.27. The number of halogens is 1. The van der Waals surface area contributed by atoms with E-state index in [9.17, 15) is 4.79 Å². The molecule has 0 unspecified atom stereocenters. The largest absolute Gasteiger partial charge is 0.397 e. The standard InChI is InChI=1S/C12H12BrN3OS/c13-10-4-3-8(18-10)5-7-16-12(17)11-9(14)2-1-6-15-11/h1-4,6H,5,7,14H2,(H,16,17). The number of hydrogen-bond donors (Lipinski definition) is 2. The number of thiophene rings is 1. The number of amides is 1. The molecule has 94 valence electrons. The minimum Gasteiger partial charge on any atom is -0.397 e. The Morgan fingerprint density at radius 2 is 2.28 bits per heavy atom. The number of pyridine rings is 1. The zero-order valence-corrected chi connectivity index (χ0v) is 11.9. The van der Waals surface area contributed by atoms with Gasteiger partial charge in [0.1, 0.15) is 0 Å². The van der Waals surface area contributed by atoms with Gasteiger partial charge in [0.05, 0.1) is 9.47 Å². The summed E-state index contributed by atoms with van der Waals surface area (Å²) in [4.78, 5) is 17.0. The molecule has 0 bridgehead atoms. The summed E-state index contributed by atoms with van der Waals surface area (Å²) < 4.78 is 1.10. The summed E-state index contributed by atoms with van der Waals surface area (Å²) in [5.74, 6) is -0.233. The van der Waals surface area contributed by atoms with Crippen LogP contribution in [-0.4, -0.2) is 17.4 Å². The number of rotatable bonds is 4. The van der Waals surface area contributed by atoms with Gasteiger partial charge in [-0.1, -0.05) is 0 Å². The second-order valence-corrected chi connectivity index (χ2v) is 6.20. The summed E-state index contributed by atoms with van der Waals surface area (Å²) in [7, 11) is 0. The van der Waals surface area contributed by atoms with Crippen LogP contribution < -0.4 is 11.1 Å². The Morgan fingerprint density at radius 1 is 1.44 bits per heavy atom. The van der Waals surface area contributed by atoms with Crippen molar-refractivity contribution < 1.29 is 4.79 Å². The molecule has 2 aromatic heterocycles. The van der Waals surface area contributed by atoms with Crippen LogP contribution in [0.15, 0.2) is 34.2 Å². The van der Waals surface area contributed by atoms with Gasteiger partial charge in [-0.05, 0) is 46.6 Å². The molecule has 0 atom stereocenters. The minimum absolute atomic E-state index is 0.233. The Hall–Kier alpha value is -1.40. The number of nitrogens with zero attached hydrogens (tertiary/aromatic N) is 1. The molecule has 0 radical (unpaired) electrons. The zero-order valence-electron chi connectivity index (χ0n) is 9.52. The minimum atomic E-state index is -0.233. The van der Waals surface area contributed by atoms with Crippen LogP contribution in [0, 0.1) is 0 Å². The molecule has 0 aromatic carbocycles. The van der Waals surface area contributed by atoms with Crippen LogP contribution in [0.2, 0.25) is 0 Å². The number of nitrogen functional groups attached to an aromatic ring is 1. The monoisotopic (exact) mass is 325 g/mol. The van der Waals surface area contributed by atoms with Crippen molar-refractivity contribution in [1.82, 2.24) is 10.3 Å². The molecule has 2 heterocycles. The van der Waals surface area contributed by atoms with Crippen molar-refractivity contribution in [2.75, 3.05) is 12.3 Å². The Morgan fingerprint density at radius 3 is 2.94 bits per heavy atom. The molecule has 3 N–H and O–H groups in total. The van der Waals surface area contributed by atoms with E-state index in [-0.39, 0.29) is 11.6 Å². The highest BCUT2D eigenvalue weighted by Gasteiger charge is 2.09. The number of nitrogens with two attached hydrogens (primary N) is 1. The van der Waals surface area contributed by atoms with Crippen molar-refractivity contribution in [3.05, 3.63) is 44.8 Å².